The highest BCUT2D eigenvalue weighted by molar-refractivity contribution is 5.76. The third-order valence-corrected chi connectivity index (χ3v) is 3.60. The second-order valence-electron chi connectivity index (χ2n) is 4.67. The van der Waals surface area contributed by atoms with Gasteiger partial charge in [-0.05, 0) is 26.2 Å². The predicted octanol–water partition coefficient (Wildman–Crippen LogP) is 0.803. The molecule has 4 nitrogen and oxygen atoms in total. The molecule has 2 atom stereocenters. The molecule has 0 amide bonds. The van der Waals surface area contributed by atoms with Crippen molar-refractivity contribution in [2.75, 3.05) is 26.9 Å². The summed E-state index contributed by atoms with van der Waals surface area (Å²) in [5.41, 5.74) is 0.0371. The first-order chi connectivity index (χ1) is 7.17. The van der Waals surface area contributed by atoms with Crippen molar-refractivity contribution in [3.05, 3.63) is 0 Å². The van der Waals surface area contributed by atoms with E-state index in [1.54, 1.807) is 0 Å². The summed E-state index contributed by atoms with van der Waals surface area (Å²) in [6.07, 6.45) is 3.11. The first-order valence-corrected chi connectivity index (χ1v) is 5.60. The Morgan fingerprint density at radius 2 is 2.40 bits per heavy atom. The Morgan fingerprint density at radius 3 is 2.87 bits per heavy atom. The normalized spacial score (nSPS) is 37.1. The number of rotatable bonds is 2. The van der Waals surface area contributed by atoms with Gasteiger partial charge in [0.25, 0.3) is 0 Å². The number of ether oxygens (including phenoxy) is 2. The summed E-state index contributed by atoms with van der Waals surface area (Å²) in [5, 5.41) is 0. The summed E-state index contributed by atoms with van der Waals surface area (Å²) in [4.78, 5) is 13.7. The highest BCUT2D eigenvalue weighted by Crippen LogP contribution is 2.34. The van der Waals surface area contributed by atoms with E-state index in [9.17, 15) is 4.79 Å². The fourth-order valence-corrected chi connectivity index (χ4v) is 2.56. The van der Waals surface area contributed by atoms with Crippen molar-refractivity contribution in [3.63, 3.8) is 0 Å². The van der Waals surface area contributed by atoms with Crippen LogP contribution in [0.2, 0.25) is 0 Å². The summed E-state index contributed by atoms with van der Waals surface area (Å²) in [5.74, 6) is -0.104. The van der Waals surface area contributed by atoms with Gasteiger partial charge in [-0.2, -0.15) is 0 Å². The van der Waals surface area contributed by atoms with Crippen LogP contribution in [0.1, 0.15) is 26.2 Å². The van der Waals surface area contributed by atoms with Gasteiger partial charge >= 0.3 is 5.97 Å². The second kappa shape index (κ2) is 4.10. The van der Waals surface area contributed by atoms with Crippen LogP contribution in [0.5, 0.6) is 0 Å². The van der Waals surface area contributed by atoms with Crippen LogP contribution in [0.3, 0.4) is 0 Å². The van der Waals surface area contributed by atoms with Crippen molar-refractivity contribution in [3.8, 4) is 0 Å². The van der Waals surface area contributed by atoms with Crippen LogP contribution >= 0.6 is 0 Å². The SMILES string of the molecule is COC(=O)C1CCN1C1(C)CCCOC1. The second-order valence-corrected chi connectivity index (χ2v) is 4.67. The maximum absolute atomic E-state index is 11.5. The molecule has 0 aromatic rings. The van der Waals surface area contributed by atoms with E-state index in [1.165, 1.54) is 7.11 Å². The molecule has 2 aliphatic heterocycles. The van der Waals surface area contributed by atoms with E-state index in [0.29, 0.717) is 0 Å². The number of hydrogen-bond acceptors (Lipinski definition) is 4. The fraction of sp³-hybridized carbons (Fsp3) is 0.909. The Morgan fingerprint density at radius 1 is 1.60 bits per heavy atom. The van der Waals surface area contributed by atoms with Gasteiger partial charge in [-0.25, -0.2) is 0 Å². The zero-order valence-electron chi connectivity index (χ0n) is 9.49. The molecule has 2 aliphatic rings. The molecule has 0 spiro atoms. The quantitative estimate of drug-likeness (QED) is 0.636. The molecular formula is C11H19NO3. The lowest BCUT2D eigenvalue weighted by Gasteiger charge is -2.52. The monoisotopic (exact) mass is 213 g/mol. The van der Waals surface area contributed by atoms with E-state index >= 15 is 0 Å². The van der Waals surface area contributed by atoms with Crippen LogP contribution < -0.4 is 0 Å². The highest BCUT2D eigenvalue weighted by atomic mass is 16.5. The number of likely N-dealkylation sites (tertiary alicyclic amines) is 1. The Balaban J connectivity index is 2.00. The van der Waals surface area contributed by atoms with Gasteiger partial charge in [0.05, 0.1) is 13.7 Å². The highest BCUT2D eigenvalue weighted by Gasteiger charge is 2.46. The summed E-state index contributed by atoms with van der Waals surface area (Å²) < 4.78 is 10.3. The fourth-order valence-electron chi connectivity index (χ4n) is 2.56. The van der Waals surface area contributed by atoms with Crippen molar-refractivity contribution >= 4 is 5.97 Å². The van der Waals surface area contributed by atoms with E-state index in [4.69, 9.17) is 9.47 Å². The Bertz CT molecular complexity index is 248. The number of carbonyl (C=O) groups excluding carboxylic acids is 1. The maximum Gasteiger partial charge on any atom is 0.323 e. The molecule has 0 aliphatic carbocycles. The van der Waals surface area contributed by atoms with Crippen LogP contribution in [0.4, 0.5) is 0 Å². The Labute approximate surface area is 90.5 Å². The summed E-state index contributed by atoms with van der Waals surface area (Å²) in [6.45, 7) is 4.76. The summed E-state index contributed by atoms with van der Waals surface area (Å²) in [6, 6.07) is -0.0401. The summed E-state index contributed by atoms with van der Waals surface area (Å²) in [7, 11) is 1.46. The molecule has 0 aromatic heterocycles. The zero-order valence-corrected chi connectivity index (χ0v) is 9.49. The number of carbonyl (C=O) groups is 1. The third-order valence-electron chi connectivity index (χ3n) is 3.60. The molecule has 4 heteroatoms. The lowest BCUT2D eigenvalue weighted by Crippen LogP contribution is -2.65. The molecule has 2 unspecified atom stereocenters. The largest absolute Gasteiger partial charge is 0.468 e. The van der Waals surface area contributed by atoms with Crippen molar-refractivity contribution in [1.29, 1.82) is 0 Å². The van der Waals surface area contributed by atoms with Crippen LogP contribution in [-0.2, 0) is 14.3 Å². The number of esters is 1. The molecule has 15 heavy (non-hydrogen) atoms. The van der Waals surface area contributed by atoms with Crippen molar-refractivity contribution in [2.24, 2.45) is 0 Å². The average molecular weight is 213 g/mol. The van der Waals surface area contributed by atoms with Crippen LogP contribution in [0.15, 0.2) is 0 Å². The topological polar surface area (TPSA) is 38.8 Å². The molecule has 0 saturated carbocycles. The first-order valence-electron chi connectivity index (χ1n) is 5.60. The molecule has 2 saturated heterocycles. The lowest BCUT2D eigenvalue weighted by atomic mass is 9.86. The minimum absolute atomic E-state index is 0.0371. The third kappa shape index (κ3) is 1.88. The standard InChI is InChI=1S/C11H19NO3/c1-11(5-3-7-15-8-11)12-6-4-9(12)10(13)14-2/h9H,3-8H2,1-2H3. The smallest absolute Gasteiger partial charge is 0.323 e. The number of methoxy groups -OCH3 is 1. The molecule has 86 valence electrons. The molecule has 0 radical (unpaired) electrons. The van der Waals surface area contributed by atoms with Crippen molar-refractivity contribution in [2.45, 2.75) is 37.8 Å². The molecule has 2 fully saturated rings. The van der Waals surface area contributed by atoms with Gasteiger partial charge in [0, 0.05) is 18.7 Å². The molecule has 2 heterocycles. The van der Waals surface area contributed by atoms with Gasteiger partial charge in [0.15, 0.2) is 0 Å². The molecule has 0 bridgehead atoms. The Hall–Kier alpha value is -0.610. The van der Waals surface area contributed by atoms with Crippen molar-refractivity contribution < 1.29 is 14.3 Å². The van der Waals surface area contributed by atoms with E-state index < -0.39 is 0 Å². The van der Waals surface area contributed by atoms with Crippen LogP contribution in [-0.4, -0.2) is 49.3 Å². The average Bonchev–Trinajstić information content (AvgIpc) is 2.16. The van der Waals surface area contributed by atoms with Gasteiger partial charge in [-0.3, -0.25) is 9.69 Å². The van der Waals surface area contributed by atoms with Gasteiger partial charge in [-0.15, -0.1) is 0 Å². The Kier molecular flexibility index (Phi) is 2.98. The number of hydrogen-bond donors (Lipinski definition) is 0. The van der Waals surface area contributed by atoms with E-state index in [-0.39, 0.29) is 17.6 Å². The van der Waals surface area contributed by atoms with Gasteiger partial charge in [0.1, 0.15) is 6.04 Å². The van der Waals surface area contributed by atoms with E-state index in [1.807, 2.05) is 0 Å². The maximum atomic E-state index is 11.5. The molecule has 0 N–H and O–H groups in total. The van der Waals surface area contributed by atoms with Crippen LogP contribution in [0, 0.1) is 0 Å². The van der Waals surface area contributed by atoms with Gasteiger partial charge < -0.3 is 9.47 Å². The van der Waals surface area contributed by atoms with Crippen LogP contribution in [0.25, 0.3) is 0 Å². The zero-order chi connectivity index (χ0) is 10.9. The van der Waals surface area contributed by atoms with Gasteiger partial charge in [0.2, 0.25) is 0 Å². The van der Waals surface area contributed by atoms with E-state index in [2.05, 4.69) is 11.8 Å². The minimum atomic E-state index is -0.104. The molecule has 2 rings (SSSR count). The minimum Gasteiger partial charge on any atom is -0.468 e. The molecule has 0 aromatic carbocycles. The van der Waals surface area contributed by atoms with E-state index in [0.717, 1.165) is 39.0 Å². The van der Waals surface area contributed by atoms with Gasteiger partial charge in [-0.1, -0.05) is 0 Å². The van der Waals surface area contributed by atoms with Crippen molar-refractivity contribution in [1.82, 2.24) is 4.90 Å². The lowest BCUT2D eigenvalue weighted by molar-refractivity contribution is -0.163. The predicted molar refractivity (Wildman–Crippen MR) is 55.6 cm³/mol. The summed E-state index contributed by atoms with van der Waals surface area (Å²) >= 11 is 0. The first kappa shape index (κ1) is 10.9. The molecular weight excluding hydrogens is 194 g/mol. The number of nitrogens with zero attached hydrogens (tertiary/aromatic N) is 1.